The normalized spacial score (nSPS) is 11.4. The molecule has 0 bridgehead atoms. The molecular weight excluding hydrogens is 404 g/mol. The molecule has 0 unspecified atom stereocenters. The lowest BCUT2D eigenvalue weighted by atomic mass is 10.0. The number of aryl methyl sites for hydroxylation is 2. The van der Waals surface area contributed by atoms with E-state index in [1.807, 2.05) is 6.07 Å². The van der Waals surface area contributed by atoms with Gasteiger partial charge in [-0.15, -0.1) is 0 Å². The van der Waals surface area contributed by atoms with Crippen LogP contribution in [-0.2, 0) is 13.7 Å². The molecule has 1 heterocycles. The number of aromatic nitrogens is 3. The molecule has 0 fully saturated rings. The number of alkyl halides is 3. The Labute approximate surface area is 169 Å². The van der Waals surface area contributed by atoms with E-state index in [0.29, 0.717) is 5.75 Å². The summed E-state index contributed by atoms with van der Waals surface area (Å²) in [5, 5.41) is 5.96. The molecule has 30 heavy (non-hydrogen) atoms. The third-order valence-electron chi connectivity index (χ3n) is 4.17. The van der Waals surface area contributed by atoms with E-state index in [1.54, 1.807) is 29.6 Å². The number of para-hydroxylation sites is 1. The van der Waals surface area contributed by atoms with E-state index in [4.69, 9.17) is 4.74 Å². The molecule has 0 aliphatic carbocycles. The predicted octanol–water partition coefficient (Wildman–Crippen LogP) is 3.80. The van der Waals surface area contributed by atoms with Crippen molar-refractivity contribution < 1.29 is 27.1 Å². The highest BCUT2D eigenvalue weighted by atomic mass is 19.4. The molecule has 2 aromatic carbocycles. The fourth-order valence-corrected chi connectivity index (χ4v) is 2.76. The highest BCUT2D eigenvalue weighted by Gasteiger charge is 2.28. The van der Waals surface area contributed by atoms with Gasteiger partial charge in [0.15, 0.2) is 11.6 Å². The molecule has 3 aromatic rings. The Hall–Kier alpha value is -3.43. The van der Waals surface area contributed by atoms with E-state index < -0.39 is 24.4 Å². The Morgan fingerprint density at radius 2 is 1.90 bits per heavy atom. The van der Waals surface area contributed by atoms with Crippen LogP contribution in [0.5, 0.6) is 5.75 Å². The van der Waals surface area contributed by atoms with Gasteiger partial charge in [-0.25, -0.2) is 14.1 Å². The van der Waals surface area contributed by atoms with Crippen LogP contribution < -0.4 is 10.1 Å². The Morgan fingerprint density at radius 3 is 2.57 bits per heavy atom. The minimum Gasteiger partial charge on any atom is -0.486 e. The number of nitrogens with zero attached hydrogens (tertiary/aromatic N) is 3. The van der Waals surface area contributed by atoms with Crippen molar-refractivity contribution in [2.75, 3.05) is 6.54 Å². The summed E-state index contributed by atoms with van der Waals surface area (Å²) in [5.74, 6) is -0.633. The first-order chi connectivity index (χ1) is 14.1. The first-order valence-corrected chi connectivity index (χ1v) is 8.87. The highest BCUT2D eigenvalue weighted by molar-refractivity contribution is 5.96. The molecule has 158 valence electrons. The molecular formula is C20H18F4N4O2. The number of hydrogen-bond acceptors (Lipinski definition) is 4. The number of amides is 1. The van der Waals surface area contributed by atoms with E-state index in [0.717, 1.165) is 6.07 Å². The zero-order valence-electron chi connectivity index (χ0n) is 16.1. The van der Waals surface area contributed by atoms with Gasteiger partial charge in [0, 0.05) is 12.6 Å². The third-order valence-corrected chi connectivity index (χ3v) is 4.17. The number of benzene rings is 2. The topological polar surface area (TPSA) is 69.0 Å². The third kappa shape index (κ3) is 5.13. The number of carbonyl (C=O) groups excluding carboxylic acids is 1. The number of halogens is 4. The van der Waals surface area contributed by atoms with Gasteiger partial charge >= 0.3 is 6.18 Å². The lowest BCUT2D eigenvalue weighted by molar-refractivity contribution is -0.123. The van der Waals surface area contributed by atoms with Gasteiger partial charge in [-0.3, -0.25) is 4.79 Å². The average molecular weight is 422 g/mol. The summed E-state index contributed by atoms with van der Waals surface area (Å²) in [6.45, 7) is -0.0155. The van der Waals surface area contributed by atoms with Gasteiger partial charge in [0.1, 0.15) is 24.7 Å². The second-order valence-corrected chi connectivity index (χ2v) is 6.52. The van der Waals surface area contributed by atoms with Crippen LogP contribution in [0, 0.1) is 12.7 Å². The summed E-state index contributed by atoms with van der Waals surface area (Å²) < 4.78 is 58.6. The number of nitrogens with one attached hydrogen (secondary N) is 1. The second kappa shape index (κ2) is 8.52. The molecule has 1 N–H and O–H groups in total. The van der Waals surface area contributed by atoms with Crippen molar-refractivity contribution in [2.24, 2.45) is 7.05 Å². The van der Waals surface area contributed by atoms with Gasteiger partial charge in [-0.1, -0.05) is 18.2 Å². The zero-order chi connectivity index (χ0) is 21.9. The zero-order valence-corrected chi connectivity index (χ0v) is 16.1. The van der Waals surface area contributed by atoms with Crippen LogP contribution in [0.3, 0.4) is 0 Å². The molecule has 3 rings (SSSR count). The summed E-state index contributed by atoms with van der Waals surface area (Å²) in [6.07, 6.45) is -4.55. The van der Waals surface area contributed by atoms with Crippen LogP contribution in [-0.4, -0.2) is 33.4 Å². The van der Waals surface area contributed by atoms with Crippen LogP contribution in [0.2, 0.25) is 0 Å². The molecule has 10 heteroatoms. The maximum atomic E-state index is 14.6. The standard InChI is InChI=1S/C20H18F4N4O2/c1-12-8-16(21)15(9-14(12)19(29)25-11-20(22,23)24)18-26-17(27-28(18)2)10-30-13-6-4-3-5-7-13/h3-9H,10-11H2,1-2H3,(H,25,29). The van der Waals surface area contributed by atoms with Crippen molar-refractivity contribution in [3.8, 4) is 17.1 Å². The summed E-state index contributed by atoms with van der Waals surface area (Å²) in [7, 11) is 1.54. The van der Waals surface area contributed by atoms with Crippen LogP contribution in [0.4, 0.5) is 17.6 Å². The molecule has 0 atom stereocenters. The molecule has 0 aliphatic rings. The van der Waals surface area contributed by atoms with E-state index in [9.17, 15) is 22.4 Å². The Morgan fingerprint density at radius 1 is 1.20 bits per heavy atom. The molecule has 6 nitrogen and oxygen atoms in total. The molecule has 0 saturated heterocycles. The van der Waals surface area contributed by atoms with Crippen molar-refractivity contribution >= 4 is 5.91 Å². The van der Waals surface area contributed by atoms with Crippen molar-refractivity contribution in [3.05, 3.63) is 65.2 Å². The lowest BCUT2D eigenvalue weighted by Crippen LogP contribution is -2.34. The van der Waals surface area contributed by atoms with Crippen LogP contribution >= 0.6 is 0 Å². The first-order valence-electron chi connectivity index (χ1n) is 8.87. The van der Waals surface area contributed by atoms with Crippen molar-refractivity contribution in [1.29, 1.82) is 0 Å². The molecule has 1 aromatic heterocycles. The maximum absolute atomic E-state index is 14.6. The summed E-state index contributed by atoms with van der Waals surface area (Å²) in [6, 6.07) is 11.2. The number of carbonyl (C=O) groups is 1. The van der Waals surface area contributed by atoms with Crippen molar-refractivity contribution in [3.63, 3.8) is 0 Å². The number of hydrogen-bond donors (Lipinski definition) is 1. The summed E-state index contributed by atoms with van der Waals surface area (Å²) in [4.78, 5) is 16.4. The van der Waals surface area contributed by atoms with Crippen LogP contribution in [0.1, 0.15) is 21.7 Å². The van der Waals surface area contributed by atoms with Crippen LogP contribution in [0.25, 0.3) is 11.4 Å². The summed E-state index contributed by atoms with van der Waals surface area (Å²) >= 11 is 0. The fraction of sp³-hybridized carbons (Fsp3) is 0.250. The average Bonchev–Trinajstić information content (AvgIpc) is 3.05. The van der Waals surface area contributed by atoms with Gasteiger partial charge in [-0.2, -0.15) is 18.3 Å². The predicted molar refractivity (Wildman–Crippen MR) is 100 cm³/mol. The Kier molecular flexibility index (Phi) is 6.04. The SMILES string of the molecule is Cc1cc(F)c(-c2nc(COc3ccccc3)nn2C)cc1C(=O)NCC(F)(F)F. The maximum Gasteiger partial charge on any atom is 0.405 e. The minimum atomic E-state index is -4.55. The van der Waals surface area contributed by atoms with Gasteiger partial charge in [-0.05, 0) is 36.8 Å². The van der Waals surface area contributed by atoms with E-state index in [1.165, 1.54) is 24.7 Å². The Balaban J connectivity index is 1.84. The van der Waals surface area contributed by atoms with Gasteiger partial charge in [0.05, 0.1) is 5.56 Å². The molecule has 1 amide bonds. The fourth-order valence-electron chi connectivity index (χ4n) is 2.76. The molecule has 0 spiro atoms. The van der Waals surface area contributed by atoms with Gasteiger partial charge < -0.3 is 10.1 Å². The minimum absolute atomic E-state index is 0.0320. The quantitative estimate of drug-likeness (QED) is 0.614. The largest absolute Gasteiger partial charge is 0.486 e. The first kappa shape index (κ1) is 21.3. The highest BCUT2D eigenvalue weighted by Crippen LogP contribution is 2.25. The van der Waals surface area contributed by atoms with Gasteiger partial charge in [0.2, 0.25) is 0 Å². The number of rotatable bonds is 6. The second-order valence-electron chi connectivity index (χ2n) is 6.52. The van der Waals surface area contributed by atoms with E-state index >= 15 is 0 Å². The van der Waals surface area contributed by atoms with Crippen molar-refractivity contribution in [1.82, 2.24) is 20.1 Å². The van der Waals surface area contributed by atoms with E-state index in [-0.39, 0.29) is 34.9 Å². The Bertz CT molecular complexity index is 1050. The molecule has 0 radical (unpaired) electrons. The van der Waals surface area contributed by atoms with E-state index in [2.05, 4.69) is 10.1 Å². The van der Waals surface area contributed by atoms with Crippen molar-refractivity contribution in [2.45, 2.75) is 19.7 Å². The number of ether oxygens (including phenoxy) is 1. The smallest absolute Gasteiger partial charge is 0.405 e. The molecule has 0 aliphatic heterocycles. The lowest BCUT2D eigenvalue weighted by Gasteiger charge is -2.12. The van der Waals surface area contributed by atoms with Gasteiger partial charge in [0.25, 0.3) is 5.91 Å². The van der Waals surface area contributed by atoms with Crippen LogP contribution in [0.15, 0.2) is 42.5 Å². The monoisotopic (exact) mass is 422 g/mol. The summed E-state index contributed by atoms with van der Waals surface area (Å²) in [5.41, 5.74) is 0.0604. The molecule has 0 saturated carbocycles.